The molecule has 3 aromatic rings. The van der Waals surface area contributed by atoms with E-state index in [-0.39, 0.29) is 22.1 Å². The molecule has 0 fully saturated rings. The van der Waals surface area contributed by atoms with E-state index in [1.807, 2.05) is 6.92 Å². The third kappa shape index (κ3) is 5.04. The van der Waals surface area contributed by atoms with Crippen molar-refractivity contribution in [3.63, 3.8) is 0 Å². The molecule has 1 aromatic heterocycles. The Bertz CT molecular complexity index is 1240. The molecule has 11 heteroatoms. The van der Waals surface area contributed by atoms with Crippen molar-refractivity contribution in [1.82, 2.24) is 9.55 Å². The minimum Gasteiger partial charge on any atom is -0.325 e. The monoisotopic (exact) mass is 496 g/mol. The Kier molecular flexibility index (Phi) is 6.42. The Hall–Kier alpha value is -2.21. The minimum absolute atomic E-state index is 0.0331. The third-order valence-electron chi connectivity index (χ3n) is 4.00. The summed E-state index contributed by atoms with van der Waals surface area (Å²) >= 11 is 4.51. The molecule has 0 aliphatic rings. The number of fused-ring (bicyclic) bond motifs is 1. The second-order valence-corrected chi connectivity index (χ2v) is 9.43. The highest BCUT2D eigenvalue weighted by Crippen LogP contribution is 2.21. The minimum atomic E-state index is -3.79. The quantitative estimate of drug-likeness (QED) is 0.399. The Morgan fingerprint density at radius 3 is 2.55 bits per heavy atom. The molecule has 8 nitrogen and oxygen atoms in total. The van der Waals surface area contributed by atoms with Crippen molar-refractivity contribution in [3.05, 3.63) is 57.3 Å². The summed E-state index contributed by atoms with van der Waals surface area (Å²) in [5.41, 5.74) is 0.830. The van der Waals surface area contributed by atoms with Gasteiger partial charge in [-0.25, -0.2) is 18.5 Å². The van der Waals surface area contributed by atoms with Crippen LogP contribution in [0.4, 0.5) is 5.69 Å². The molecule has 0 atom stereocenters. The van der Waals surface area contributed by atoms with Crippen LogP contribution in [0.2, 0.25) is 0 Å². The van der Waals surface area contributed by atoms with E-state index in [0.717, 1.165) is 16.2 Å². The van der Waals surface area contributed by atoms with Gasteiger partial charge in [0.2, 0.25) is 15.9 Å². The number of amides is 1. The van der Waals surface area contributed by atoms with Crippen molar-refractivity contribution >= 4 is 60.2 Å². The SMILES string of the molecule is CCn1c(SCC(=O)Nc2ccc(S(N)(=O)=O)cc2)nc2ccc(Br)cc2c1=O. The third-order valence-corrected chi connectivity index (χ3v) is 6.40. The molecular formula is C18H17BrN4O4S2. The Morgan fingerprint density at radius 1 is 1.24 bits per heavy atom. The van der Waals surface area contributed by atoms with E-state index in [2.05, 4.69) is 26.2 Å². The summed E-state index contributed by atoms with van der Waals surface area (Å²) in [5, 5.41) is 8.68. The van der Waals surface area contributed by atoms with E-state index >= 15 is 0 Å². The van der Waals surface area contributed by atoms with Crippen molar-refractivity contribution in [2.75, 3.05) is 11.1 Å². The topological polar surface area (TPSA) is 124 Å². The first-order valence-electron chi connectivity index (χ1n) is 8.44. The Labute approximate surface area is 179 Å². The van der Waals surface area contributed by atoms with Crippen LogP contribution < -0.4 is 16.0 Å². The molecule has 1 amide bonds. The molecule has 29 heavy (non-hydrogen) atoms. The number of sulfonamides is 1. The standard InChI is InChI=1S/C18H17BrN4O4S2/c1-2-23-17(25)14-9-11(19)3-8-15(14)22-18(23)28-10-16(24)21-12-4-6-13(7-5-12)29(20,26)27/h3-9H,2,10H2,1H3,(H,21,24)(H2,20,26,27). The van der Waals surface area contributed by atoms with Gasteiger partial charge >= 0.3 is 0 Å². The molecule has 2 aromatic carbocycles. The van der Waals surface area contributed by atoms with Gasteiger partial charge in [0.1, 0.15) is 0 Å². The maximum Gasteiger partial charge on any atom is 0.262 e. The molecule has 1 heterocycles. The fourth-order valence-electron chi connectivity index (χ4n) is 2.62. The van der Waals surface area contributed by atoms with E-state index in [0.29, 0.717) is 28.3 Å². The van der Waals surface area contributed by atoms with Gasteiger partial charge in [0, 0.05) is 16.7 Å². The number of halogens is 1. The first-order chi connectivity index (χ1) is 13.7. The summed E-state index contributed by atoms with van der Waals surface area (Å²) < 4.78 is 24.9. The zero-order valence-corrected chi connectivity index (χ0v) is 18.5. The fraction of sp³-hybridized carbons (Fsp3) is 0.167. The first-order valence-corrected chi connectivity index (χ1v) is 11.8. The van der Waals surface area contributed by atoms with Crippen LogP contribution in [0.1, 0.15) is 6.92 Å². The lowest BCUT2D eigenvalue weighted by Crippen LogP contribution is -2.23. The number of carbonyl (C=O) groups excluding carboxylic acids is 1. The normalized spacial score (nSPS) is 11.6. The number of nitrogens with zero attached hydrogens (tertiary/aromatic N) is 2. The predicted octanol–water partition coefficient (Wildman–Crippen LogP) is 2.56. The van der Waals surface area contributed by atoms with Gasteiger partial charge in [-0.15, -0.1) is 0 Å². The van der Waals surface area contributed by atoms with Crippen LogP contribution >= 0.6 is 27.7 Å². The van der Waals surface area contributed by atoms with Crippen LogP contribution in [-0.4, -0.2) is 29.6 Å². The van der Waals surface area contributed by atoms with E-state index in [1.54, 1.807) is 18.2 Å². The maximum absolute atomic E-state index is 12.7. The van der Waals surface area contributed by atoms with Crippen LogP contribution in [0, 0.1) is 0 Å². The van der Waals surface area contributed by atoms with Gasteiger partial charge in [0.25, 0.3) is 5.56 Å². The van der Waals surface area contributed by atoms with Crippen LogP contribution in [0.25, 0.3) is 10.9 Å². The van der Waals surface area contributed by atoms with E-state index < -0.39 is 10.0 Å². The first kappa shape index (κ1) is 21.5. The average molecular weight is 497 g/mol. The van der Waals surface area contributed by atoms with Crippen molar-refractivity contribution in [2.24, 2.45) is 5.14 Å². The van der Waals surface area contributed by atoms with Gasteiger partial charge in [-0.3, -0.25) is 14.2 Å². The van der Waals surface area contributed by atoms with Gasteiger partial charge in [0.05, 0.1) is 21.6 Å². The fourth-order valence-corrected chi connectivity index (χ4v) is 4.36. The molecule has 3 rings (SSSR count). The zero-order valence-electron chi connectivity index (χ0n) is 15.3. The lowest BCUT2D eigenvalue weighted by molar-refractivity contribution is -0.113. The molecule has 0 aliphatic heterocycles. The molecule has 0 saturated heterocycles. The highest BCUT2D eigenvalue weighted by atomic mass is 79.9. The molecule has 0 saturated carbocycles. The molecule has 152 valence electrons. The number of hydrogen-bond acceptors (Lipinski definition) is 6. The lowest BCUT2D eigenvalue weighted by Gasteiger charge is -2.11. The van der Waals surface area contributed by atoms with Crippen LogP contribution in [-0.2, 0) is 21.4 Å². The zero-order chi connectivity index (χ0) is 21.2. The number of primary sulfonamides is 1. The van der Waals surface area contributed by atoms with Crippen LogP contribution in [0.15, 0.2) is 61.8 Å². The van der Waals surface area contributed by atoms with Gasteiger partial charge in [-0.2, -0.15) is 0 Å². The van der Waals surface area contributed by atoms with E-state index in [4.69, 9.17) is 5.14 Å². The largest absolute Gasteiger partial charge is 0.325 e. The smallest absolute Gasteiger partial charge is 0.262 e. The highest BCUT2D eigenvalue weighted by Gasteiger charge is 2.13. The molecular weight excluding hydrogens is 480 g/mol. The molecule has 0 unspecified atom stereocenters. The number of carbonyl (C=O) groups is 1. The number of rotatable bonds is 6. The molecule has 0 radical (unpaired) electrons. The van der Waals surface area contributed by atoms with Gasteiger partial charge in [0.15, 0.2) is 5.16 Å². The molecule has 0 bridgehead atoms. The Balaban J connectivity index is 1.75. The number of hydrogen-bond donors (Lipinski definition) is 2. The second kappa shape index (κ2) is 8.66. The number of thioether (sulfide) groups is 1. The number of nitrogens with two attached hydrogens (primary N) is 1. The molecule has 0 aliphatic carbocycles. The van der Waals surface area contributed by atoms with Crippen molar-refractivity contribution in [3.8, 4) is 0 Å². The summed E-state index contributed by atoms with van der Waals surface area (Å²) in [4.78, 5) is 29.4. The van der Waals surface area contributed by atoms with Crippen LogP contribution in [0.3, 0.4) is 0 Å². The van der Waals surface area contributed by atoms with Crippen molar-refractivity contribution in [1.29, 1.82) is 0 Å². The second-order valence-electron chi connectivity index (χ2n) is 6.01. The summed E-state index contributed by atoms with van der Waals surface area (Å²) in [6, 6.07) is 10.8. The van der Waals surface area contributed by atoms with Crippen molar-refractivity contribution in [2.45, 2.75) is 23.5 Å². The predicted molar refractivity (Wildman–Crippen MR) is 117 cm³/mol. The van der Waals surface area contributed by atoms with E-state index in [9.17, 15) is 18.0 Å². The number of anilines is 1. The number of nitrogens with one attached hydrogen (secondary N) is 1. The van der Waals surface area contributed by atoms with Gasteiger partial charge in [-0.1, -0.05) is 27.7 Å². The average Bonchev–Trinajstić information content (AvgIpc) is 2.67. The van der Waals surface area contributed by atoms with Gasteiger partial charge in [-0.05, 0) is 49.4 Å². The molecule has 0 spiro atoms. The van der Waals surface area contributed by atoms with E-state index in [1.165, 1.54) is 28.8 Å². The summed E-state index contributed by atoms with van der Waals surface area (Å²) in [5.74, 6) is -0.281. The molecule has 3 N–H and O–H groups in total. The van der Waals surface area contributed by atoms with Crippen molar-refractivity contribution < 1.29 is 13.2 Å². The number of benzene rings is 2. The number of aromatic nitrogens is 2. The van der Waals surface area contributed by atoms with Gasteiger partial charge < -0.3 is 5.32 Å². The Morgan fingerprint density at radius 2 is 1.93 bits per heavy atom. The summed E-state index contributed by atoms with van der Waals surface area (Å²) in [6.07, 6.45) is 0. The summed E-state index contributed by atoms with van der Waals surface area (Å²) in [6.45, 7) is 2.26. The lowest BCUT2D eigenvalue weighted by atomic mass is 10.2. The highest BCUT2D eigenvalue weighted by molar-refractivity contribution is 9.10. The van der Waals surface area contributed by atoms with Crippen LogP contribution in [0.5, 0.6) is 0 Å². The summed E-state index contributed by atoms with van der Waals surface area (Å²) in [7, 11) is -3.79. The maximum atomic E-state index is 12.7.